The van der Waals surface area contributed by atoms with Crippen molar-refractivity contribution in [3.63, 3.8) is 0 Å². The molecule has 27 nitrogen and oxygen atoms in total. The molecule has 0 saturated carbocycles. The van der Waals surface area contributed by atoms with Crippen LogP contribution in [-0.2, 0) is 40.5 Å². The van der Waals surface area contributed by atoms with E-state index >= 15 is 0 Å². The lowest BCUT2D eigenvalue weighted by molar-refractivity contribution is -0.386. The molecule has 6 aromatic rings. The molecule has 0 saturated heterocycles. The van der Waals surface area contributed by atoms with Crippen LogP contribution >= 0.6 is 0 Å². The number of azo groups is 2. The number of benzene rings is 6. The van der Waals surface area contributed by atoms with Gasteiger partial charge in [0, 0.05) is 34.3 Å². The lowest BCUT2D eigenvalue weighted by atomic mass is 10.1. The Morgan fingerprint density at radius 1 is 0.523 bits per heavy atom. The number of phenolic OH excluding ortho intramolecular Hbond substituents is 2. The van der Waals surface area contributed by atoms with Crippen molar-refractivity contribution in [2.45, 2.75) is 19.6 Å². The molecule has 6 aromatic carbocycles. The molecule has 0 unspecified atom stereocenters. The summed E-state index contributed by atoms with van der Waals surface area (Å²) in [6.07, 6.45) is 0. The number of nitro benzene ring substituents is 2. The van der Waals surface area contributed by atoms with Crippen molar-refractivity contribution in [1.82, 2.24) is 0 Å². The molecule has 0 aromatic heterocycles. The Morgan fingerprint density at radius 2 is 0.877 bits per heavy atom. The second kappa shape index (κ2) is 16.9. The summed E-state index contributed by atoms with van der Waals surface area (Å²) < 4.78 is 146. The van der Waals surface area contributed by atoms with E-state index in [0.717, 1.165) is 26.4 Å². The number of methoxy groups -OCH3 is 2. The number of fused-ring (bicyclic) bond motifs is 2. The predicted molar refractivity (Wildman–Crippen MR) is 221 cm³/mol. The van der Waals surface area contributed by atoms with E-state index in [1.54, 1.807) is 0 Å². The Labute approximate surface area is 363 Å². The van der Waals surface area contributed by atoms with Gasteiger partial charge in [0.25, 0.3) is 40.5 Å². The summed E-state index contributed by atoms with van der Waals surface area (Å²) >= 11 is 0. The fraction of sp³-hybridized carbons (Fsp3) is 0.0588. The first kappa shape index (κ1) is 47.0. The lowest BCUT2D eigenvalue weighted by Crippen LogP contribution is -2.01. The van der Waals surface area contributed by atoms with E-state index in [4.69, 9.17) is 9.47 Å². The Balaban J connectivity index is 1.41. The number of nitrogens with one attached hydrogen (secondary N) is 1. The highest BCUT2D eigenvalue weighted by Gasteiger charge is 2.29. The van der Waals surface area contributed by atoms with E-state index in [0.29, 0.717) is 24.3 Å². The fourth-order valence-electron chi connectivity index (χ4n) is 6.10. The number of hydrogen-bond donors (Lipinski definition) is 7. The number of hydrogen-bond acceptors (Lipinski definition) is 21. The number of rotatable bonds is 14. The van der Waals surface area contributed by atoms with Crippen LogP contribution in [0.4, 0.5) is 45.5 Å². The van der Waals surface area contributed by atoms with Crippen LogP contribution in [-0.4, -0.2) is 86.2 Å². The maximum absolute atomic E-state index is 12.5. The molecule has 0 heterocycles. The van der Waals surface area contributed by atoms with Crippen molar-refractivity contribution in [3.8, 4) is 23.0 Å². The van der Waals surface area contributed by atoms with Crippen LogP contribution in [0.3, 0.4) is 0 Å². The van der Waals surface area contributed by atoms with Crippen LogP contribution < -0.4 is 14.8 Å². The molecule has 0 atom stereocenters. The molecule has 0 aliphatic heterocycles. The normalized spacial score (nSPS) is 12.6. The Morgan fingerprint density at radius 3 is 1.17 bits per heavy atom. The molecule has 65 heavy (non-hydrogen) atoms. The van der Waals surface area contributed by atoms with Gasteiger partial charge in [-0.3, -0.25) is 38.4 Å². The SMILES string of the molecule is COc1c(N=Nc2c(S(=O)(=O)O)cc3cc(Nc4ccc5c(O)c(N=Nc6cc(S(=O)(=O)O)cc([N+](=O)[O-])c6OC)c(S(=O)(=O)O)cc5c4)ccc3c2O)cc(S(=O)(=O)O)cc1[N+](=O)[O-]. The minimum Gasteiger partial charge on any atom is -0.505 e. The summed E-state index contributed by atoms with van der Waals surface area (Å²) in [6.45, 7) is 0. The second-order valence-electron chi connectivity index (χ2n) is 12.9. The predicted octanol–water partition coefficient (Wildman–Crippen LogP) is 6.80. The lowest BCUT2D eigenvalue weighted by Gasteiger charge is -2.13. The van der Waals surface area contributed by atoms with Gasteiger partial charge in [0.15, 0.2) is 11.5 Å². The minimum atomic E-state index is -5.26. The molecule has 7 N–H and O–H groups in total. The third-order valence-corrected chi connectivity index (χ3v) is 12.3. The second-order valence-corrected chi connectivity index (χ2v) is 18.6. The highest BCUT2D eigenvalue weighted by molar-refractivity contribution is 7.86. The molecule has 0 radical (unpaired) electrons. The van der Waals surface area contributed by atoms with E-state index in [2.05, 4.69) is 25.8 Å². The number of phenols is 2. The average molecular weight is 980 g/mol. The zero-order valence-electron chi connectivity index (χ0n) is 32.1. The van der Waals surface area contributed by atoms with Gasteiger partial charge in [-0.2, -0.15) is 33.7 Å². The van der Waals surface area contributed by atoms with Crippen molar-refractivity contribution in [3.05, 3.63) is 93.0 Å². The summed E-state index contributed by atoms with van der Waals surface area (Å²) in [4.78, 5) is 16.9. The quantitative estimate of drug-likeness (QED) is 0.0255. The van der Waals surface area contributed by atoms with Gasteiger partial charge in [0.1, 0.15) is 42.3 Å². The molecular formula is C34H25N7O20S4. The number of nitro groups is 2. The number of ether oxygens (including phenoxy) is 2. The first-order valence-electron chi connectivity index (χ1n) is 17.0. The molecule has 340 valence electrons. The summed E-state index contributed by atoms with van der Waals surface area (Å²) in [5, 5.41) is 62.6. The molecule has 0 fully saturated rings. The summed E-state index contributed by atoms with van der Waals surface area (Å²) in [5.74, 6) is -3.20. The van der Waals surface area contributed by atoms with Gasteiger partial charge in [0.05, 0.1) is 24.1 Å². The van der Waals surface area contributed by atoms with E-state index in [9.17, 15) is 82.3 Å². The third kappa shape index (κ3) is 9.55. The van der Waals surface area contributed by atoms with Crippen molar-refractivity contribution in [2.75, 3.05) is 19.5 Å². The summed E-state index contributed by atoms with van der Waals surface area (Å²) in [5.41, 5.74) is -4.98. The number of aromatic hydroxyl groups is 2. The van der Waals surface area contributed by atoms with Crippen LogP contribution in [0.25, 0.3) is 21.5 Å². The summed E-state index contributed by atoms with van der Waals surface area (Å²) in [7, 11) is -18.8. The minimum absolute atomic E-state index is 0.0770. The van der Waals surface area contributed by atoms with Gasteiger partial charge < -0.3 is 25.0 Å². The van der Waals surface area contributed by atoms with Crippen LogP contribution in [0, 0.1) is 20.2 Å². The van der Waals surface area contributed by atoms with Crippen LogP contribution in [0.2, 0.25) is 0 Å². The number of anilines is 2. The third-order valence-electron chi connectivity index (χ3n) is 8.91. The van der Waals surface area contributed by atoms with Crippen LogP contribution in [0.1, 0.15) is 0 Å². The Hall–Kier alpha value is -7.52. The van der Waals surface area contributed by atoms with Crippen molar-refractivity contribution in [2.24, 2.45) is 20.5 Å². The van der Waals surface area contributed by atoms with Gasteiger partial charge in [0.2, 0.25) is 11.5 Å². The monoisotopic (exact) mass is 979 g/mol. The van der Waals surface area contributed by atoms with Gasteiger partial charge in [-0.15, -0.1) is 20.5 Å². The largest absolute Gasteiger partial charge is 0.505 e. The van der Waals surface area contributed by atoms with Crippen molar-refractivity contribution < 1.29 is 81.4 Å². The van der Waals surface area contributed by atoms with E-state index < -0.39 is 127 Å². The average Bonchev–Trinajstić information content (AvgIpc) is 3.20. The molecule has 0 aliphatic carbocycles. The molecule has 0 bridgehead atoms. The standard InChI is InChI=1S/C34H25N7O20S4/c1-60-33-23(11-19(62(48,49)50)13-25(33)40(44)45)36-38-29-27(64(54,55)56)9-15-7-17(3-5-21(15)31(29)42)35-18-4-6-22-16(8-18)10-28(65(57,58)59)30(32(22)43)39-37-24-12-20(63(51,52)53)14-26(41(46)47)34(24)61-2/h3-14,35,42-43H,1-2H3,(H,48,49,50)(H,51,52,53)(H,54,55,56)(H,57,58,59). The highest BCUT2D eigenvalue weighted by atomic mass is 32.2. The maximum Gasteiger partial charge on any atom is 0.314 e. The van der Waals surface area contributed by atoms with E-state index in [1.807, 2.05) is 0 Å². The number of nitrogens with zero attached hydrogens (tertiary/aromatic N) is 6. The Kier molecular flexibility index (Phi) is 12.2. The van der Waals surface area contributed by atoms with Crippen molar-refractivity contribution >= 4 is 108 Å². The smallest absolute Gasteiger partial charge is 0.314 e. The molecule has 6 rings (SSSR count). The molecule has 0 aliphatic rings. The van der Waals surface area contributed by atoms with Crippen molar-refractivity contribution in [1.29, 1.82) is 0 Å². The molecular weight excluding hydrogens is 955 g/mol. The Bertz CT molecular complexity index is 3350. The van der Waals surface area contributed by atoms with Gasteiger partial charge in [-0.05, 0) is 71.4 Å². The zero-order chi connectivity index (χ0) is 48.1. The van der Waals surface area contributed by atoms with Gasteiger partial charge in [-0.25, -0.2) is 0 Å². The van der Waals surface area contributed by atoms with Gasteiger partial charge >= 0.3 is 11.4 Å². The highest BCUT2D eigenvalue weighted by Crippen LogP contribution is 2.47. The zero-order valence-corrected chi connectivity index (χ0v) is 35.4. The molecule has 31 heteroatoms. The van der Waals surface area contributed by atoms with Crippen LogP contribution in [0.5, 0.6) is 23.0 Å². The van der Waals surface area contributed by atoms with Crippen LogP contribution in [0.15, 0.2) is 113 Å². The topological polar surface area (TPSA) is 424 Å². The van der Waals surface area contributed by atoms with E-state index in [-0.39, 0.29) is 32.9 Å². The maximum atomic E-state index is 12.5. The molecule has 0 spiro atoms. The first-order chi connectivity index (χ1) is 30.1. The van der Waals surface area contributed by atoms with Gasteiger partial charge in [-0.1, -0.05) is 0 Å². The van der Waals surface area contributed by atoms with E-state index in [1.165, 1.54) is 36.4 Å². The molecule has 0 amide bonds. The first-order valence-corrected chi connectivity index (χ1v) is 22.7. The summed E-state index contributed by atoms with van der Waals surface area (Å²) in [6, 6.07) is 11.5. The fourth-order valence-corrected chi connectivity index (χ4v) is 8.46.